The summed E-state index contributed by atoms with van der Waals surface area (Å²) in [6.45, 7) is 2.50. The Balaban J connectivity index is 1.73. The predicted octanol–water partition coefficient (Wildman–Crippen LogP) is 2.31. The van der Waals surface area contributed by atoms with Crippen LogP contribution in [-0.4, -0.2) is 39.2 Å². The molecular weight excluding hydrogens is 342 g/mol. The fraction of sp³-hybridized carbons (Fsp3) is 0.385. The van der Waals surface area contributed by atoms with Crippen LogP contribution in [0.4, 0.5) is 0 Å². The van der Waals surface area contributed by atoms with Crippen LogP contribution in [0.3, 0.4) is 0 Å². The zero-order valence-corrected chi connectivity index (χ0v) is 14.3. The first-order chi connectivity index (χ1) is 10.6. The number of hydrogen-bond acceptors (Lipinski definition) is 7. The van der Waals surface area contributed by atoms with Crippen LogP contribution in [-0.2, 0) is 17.6 Å². The van der Waals surface area contributed by atoms with Crippen LogP contribution in [0.25, 0.3) is 0 Å². The zero-order valence-electron chi connectivity index (χ0n) is 11.9. The second-order valence-electron chi connectivity index (χ2n) is 4.25. The van der Waals surface area contributed by atoms with Gasteiger partial charge in [-0.1, -0.05) is 18.7 Å². The maximum atomic E-state index is 11.8. The quantitative estimate of drug-likeness (QED) is 0.704. The van der Waals surface area contributed by atoms with Crippen molar-refractivity contribution in [2.24, 2.45) is 0 Å². The third-order valence-corrected chi connectivity index (χ3v) is 5.43. The van der Waals surface area contributed by atoms with Gasteiger partial charge in [-0.2, -0.15) is 0 Å². The fourth-order valence-electron chi connectivity index (χ4n) is 1.62. The number of aromatic nitrogens is 2. The molecule has 0 aliphatic rings. The van der Waals surface area contributed by atoms with E-state index in [1.807, 2.05) is 5.38 Å². The van der Waals surface area contributed by atoms with Crippen LogP contribution in [0.5, 0.6) is 0 Å². The number of carbonyl (C=O) groups is 2. The van der Waals surface area contributed by atoms with Gasteiger partial charge in [-0.25, -0.2) is 14.8 Å². The van der Waals surface area contributed by atoms with Crippen molar-refractivity contribution < 1.29 is 14.7 Å². The molecule has 2 N–H and O–H groups in total. The van der Waals surface area contributed by atoms with E-state index in [1.165, 1.54) is 16.7 Å². The Bertz CT molecular complexity index is 654. The number of hydrogen-bond donors (Lipinski definition) is 2. The van der Waals surface area contributed by atoms with Gasteiger partial charge in [0.15, 0.2) is 5.69 Å². The highest BCUT2D eigenvalue weighted by Crippen LogP contribution is 2.22. The predicted molar refractivity (Wildman–Crippen MR) is 88.0 cm³/mol. The average Bonchev–Trinajstić information content (AvgIpc) is 3.09. The van der Waals surface area contributed by atoms with Gasteiger partial charge in [-0.15, -0.1) is 22.7 Å². The first-order valence-electron chi connectivity index (χ1n) is 6.60. The van der Waals surface area contributed by atoms with E-state index in [-0.39, 0.29) is 18.0 Å². The molecule has 0 radical (unpaired) electrons. The lowest BCUT2D eigenvalue weighted by Gasteiger charge is -2.02. The van der Waals surface area contributed by atoms with E-state index in [0.29, 0.717) is 18.0 Å². The Morgan fingerprint density at radius 2 is 2.14 bits per heavy atom. The molecule has 9 heteroatoms. The molecule has 0 saturated carbocycles. The molecule has 2 aromatic heterocycles. The molecule has 6 nitrogen and oxygen atoms in total. The number of carboxylic acid groups (broad SMARTS) is 1. The van der Waals surface area contributed by atoms with E-state index in [2.05, 4.69) is 22.2 Å². The highest BCUT2D eigenvalue weighted by atomic mass is 32.2. The topological polar surface area (TPSA) is 92.2 Å². The standard InChI is InChI=1S/C13H15N3O3S3/c1-2-20-13-15-8(6-22-13)5-10(17)14-4-3-11-16-9(7-21-11)12(18)19/h6-7H,2-5H2,1H3,(H,14,17)(H,18,19). The smallest absolute Gasteiger partial charge is 0.355 e. The van der Waals surface area contributed by atoms with Crippen molar-refractivity contribution in [2.45, 2.75) is 24.1 Å². The van der Waals surface area contributed by atoms with Gasteiger partial charge >= 0.3 is 5.97 Å². The van der Waals surface area contributed by atoms with E-state index in [0.717, 1.165) is 15.8 Å². The molecule has 0 aromatic carbocycles. The molecule has 2 rings (SSSR count). The molecule has 0 unspecified atom stereocenters. The Morgan fingerprint density at radius 1 is 1.32 bits per heavy atom. The van der Waals surface area contributed by atoms with E-state index in [1.54, 1.807) is 23.1 Å². The molecule has 0 aliphatic heterocycles. The Kier molecular flexibility index (Phi) is 6.34. The van der Waals surface area contributed by atoms with Crippen molar-refractivity contribution in [3.05, 3.63) is 27.2 Å². The van der Waals surface area contributed by atoms with Crippen molar-refractivity contribution >= 4 is 46.3 Å². The SMILES string of the molecule is CCSc1nc(CC(=O)NCCc2nc(C(=O)O)cs2)cs1. The van der Waals surface area contributed by atoms with Crippen LogP contribution in [0.1, 0.15) is 28.1 Å². The van der Waals surface area contributed by atoms with Crippen LogP contribution in [0, 0.1) is 0 Å². The Hall–Kier alpha value is -1.45. The highest BCUT2D eigenvalue weighted by Gasteiger charge is 2.10. The van der Waals surface area contributed by atoms with Crippen molar-refractivity contribution in [1.82, 2.24) is 15.3 Å². The number of thioether (sulfide) groups is 1. The second kappa shape index (κ2) is 8.25. The lowest BCUT2D eigenvalue weighted by atomic mass is 10.3. The molecule has 0 aliphatic carbocycles. The number of aromatic carboxylic acids is 1. The molecule has 0 spiro atoms. The first-order valence-corrected chi connectivity index (χ1v) is 9.34. The number of thiazole rings is 2. The molecule has 0 fully saturated rings. The van der Waals surface area contributed by atoms with Crippen molar-refractivity contribution in [1.29, 1.82) is 0 Å². The summed E-state index contributed by atoms with van der Waals surface area (Å²) in [6.07, 6.45) is 0.788. The molecule has 118 valence electrons. The summed E-state index contributed by atoms with van der Waals surface area (Å²) in [5.74, 6) is -0.158. The van der Waals surface area contributed by atoms with Crippen molar-refractivity contribution in [3.8, 4) is 0 Å². The average molecular weight is 357 g/mol. The third kappa shape index (κ3) is 5.08. The second-order valence-corrected chi connectivity index (χ2v) is 7.56. The summed E-state index contributed by atoms with van der Waals surface area (Å²) in [6, 6.07) is 0. The van der Waals surface area contributed by atoms with E-state index < -0.39 is 5.97 Å². The maximum absolute atomic E-state index is 11.8. The van der Waals surface area contributed by atoms with Gasteiger partial charge in [0.05, 0.1) is 17.1 Å². The molecule has 0 bridgehead atoms. The lowest BCUT2D eigenvalue weighted by molar-refractivity contribution is -0.120. The summed E-state index contributed by atoms with van der Waals surface area (Å²) in [7, 11) is 0. The van der Waals surface area contributed by atoms with Gasteiger partial charge in [-0.3, -0.25) is 4.79 Å². The van der Waals surface area contributed by atoms with Crippen molar-refractivity contribution in [3.63, 3.8) is 0 Å². The van der Waals surface area contributed by atoms with Crippen LogP contribution >= 0.6 is 34.4 Å². The van der Waals surface area contributed by atoms with E-state index >= 15 is 0 Å². The minimum Gasteiger partial charge on any atom is -0.476 e. The van der Waals surface area contributed by atoms with Gasteiger partial charge < -0.3 is 10.4 Å². The van der Waals surface area contributed by atoms with Crippen LogP contribution < -0.4 is 5.32 Å². The molecule has 2 aromatic rings. The third-order valence-electron chi connectivity index (χ3n) is 2.57. The highest BCUT2D eigenvalue weighted by molar-refractivity contribution is 8.00. The first kappa shape index (κ1) is 16.9. The fourth-order valence-corrected chi connectivity index (χ4v) is 4.13. The summed E-state index contributed by atoms with van der Waals surface area (Å²) >= 11 is 4.50. The maximum Gasteiger partial charge on any atom is 0.355 e. The van der Waals surface area contributed by atoms with Crippen LogP contribution in [0.2, 0.25) is 0 Å². The molecule has 1 amide bonds. The minimum absolute atomic E-state index is 0.0507. The molecular formula is C13H15N3O3S3. The Morgan fingerprint density at radius 3 is 2.82 bits per heavy atom. The summed E-state index contributed by atoms with van der Waals surface area (Å²) in [5, 5.41) is 15.7. The molecule has 22 heavy (non-hydrogen) atoms. The molecule has 0 atom stereocenters. The number of nitrogens with one attached hydrogen (secondary N) is 1. The van der Waals surface area contributed by atoms with E-state index in [4.69, 9.17) is 5.11 Å². The zero-order chi connectivity index (χ0) is 15.9. The Labute approximate surface area is 140 Å². The van der Waals surface area contributed by atoms with Gasteiger partial charge in [-0.05, 0) is 5.75 Å². The number of rotatable bonds is 8. The minimum atomic E-state index is -1.03. The molecule has 2 heterocycles. The van der Waals surface area contributed by atoms with Crippen molar-refractivity contribution in [2.75, 3.05) is 12.3 Å². The number of amides is 1. The lowest BCUT2D eigenvalue weighted by Crippen LogP contribution is -2.27. The monoisotopic (exact) mass is 357 g/mol. The number of nitrogens with zero attached hydrogens (tertiary/aromatic N) is 2. The summed E-state index contributed by atoms with van der Waals surface area (Å²) < 4.78 is 0.981. The molecule has 0 saturated heterocycles. The van der Waals surface area contributed by atoms with Crippen LogP contribution in [0.15, 0.2) is 15.1 Å². The van der Waals surface area contributed by atoms with Gasteiger partial charge in [0, 0.05) is 23.7 Å². The van der Waals surface area contributed by atoms with E-state index in [9.17, 15) is 9.59 Å². The largest absolute Gasteiger partial charge is 0.476 e. The van der Waals surface area contributed by atoms with Gasteiger partial charge in [0.2, 0.25) is 5.91 Å². The van der Waals surface area contributed by atoms with Gasteiger partial charge in [0.1, 0.15) is 4.34 Å². The normalized spacial score (nSPS) is 10.6. The summed E-state index contributed by atoms with van der Waals surface area (Å²) in [4.78, 5) is 30.9. The number of carboxylic acids is 1. The summed E-state index contributed by atoms with van der Waals surface area (Å²) in [5.41, 5.74) is 0.829. The number of carbonyl (C=O) groups excluding carboxylic acids is 1. The van der Waals surface area contributed by atoms with Gasteiger partial charge in [0.25, 0.3) is 0 Å².